The number of nitrogens with zero attached hydrogens (tertiary/aromatic N) is 2. The zero-order chi connectivity index (χ0) is 23.4. The van der Waals surface area contributed by atoms with E-state index in [1.54, 1.807) is 12.1 Å². The van der Waals surface area contributed by atoms with Crippen LogP contribution in [0.4, 0.5) is 5.69 Å². The first-order valence-corrected chi connectivity index (χ1v) is 10.8. The zero-order valence-corrected chi connectivity index (χ0v) is 18.6. The fourth-order valence-corrected chi connectivity index (χ4v) is 4.13. The summed E-state index contributed by atoms with van der Waals surface area (Å²) in [5.41, 5.74) is 6.12. The molecule has 166 valence electrons. The van der Waals surface area contributed by atoms with Gasteiger partial charge in [0.1, 0.15) is 0 Å². The van der Waals surface area contributed by atoms with Gasteiger partial charge in [0.05, 0.1) is 10.5 Å². The molecule has 0 atom stereocenters. The number of nitro groups is 1. The van der Waals surface area contributed by atoms with Crippen molar-refractivity contribution < 1.29 is 9.72 Å². The largest absolute Gasteiger partial charge is 0.348 e. The van der Waals surface area contributed by atoms with Crippen LogP contribution < -0.4 is 5.32 Å². The molecule has 0 radical (unpaired) electrons. The molecule has 0 fully saturated rings. The molecular weight excluding hydrogens is 414 g/mol. The predicted octanol–water partition coefficient (Wildman–Crippen LogP) is 5.66. The van der Waals surface area contributed by atoms with Crippen molar-refractivity contribution >= 4 is 11.6 Å². The Bertz CT molecular complexity index is 1280. The third-order valence-electron chi connectivity index (χ3n) is 5.86. The number of hydrogen-bond donors (Lipinski definition) is 1. The van der Waals surface area contributed by atoms with Gasteiger partial charge in [0.15, 0.2) is 0 Å². The van der Waals surface area contributed by atoms with E-state index in [1.807, 2.05) is 62.4 Å². The highest BCUT2D eigenvalue weighted by Gasteiger charge is 2.24. The van der Waals surface area contributed by atoms with Crippen molar-refractivity contribution in [2.75, 3.05) is 0 Å². The normalized spacial score (nSPS) is 10.7. The Labute approximate surface area is 192 Å². The Balaban J connectivity index is 1.76. The molecule has 33 heavy (non-hydrogen) atoms. The standard InChI is InChI=1S/C27H25N3O3/c1-19-25(23-13-15-24(16-14-23)30(32)33)26(27(31)28-17-21-9-5-3-6-10-21)20(2)29(19)18-22-11-7-4-8-12-22/h3-16H,17-18H2,1-2H3,(H,28,31). The van der Waals surface area contributed by atoms with E-state index in [4.69, 9.17) is 0 Å². The molecule has 6 nitrogen and oxygen atoms in total. The van der Waals surface area contributed by atoms with Crippen LogP contribution in [0, 0.1) is 24.0 Å². The van der Waals surface area contributed by atoms with Crippen LogP contribution in [0.5, 0.6) is 0 Å². The minimum atomic E-state index is -0.421. The SMILES string of the molecule is Cc1c(C(=O)NCc2ccccc2)c(-c2ccc([N+](=O)[O-])cc2)c(C)n1Cc1ccccc1. The zero-order valence-electron chi connectivity index (χ0n) is 18.6. The highest BCUT2D eigenvalue weighted by atomic mass is 16.6. The molecule has 1 aromatic heterocycles. The summed E-state index contributed by atoms with van der Waals surface area (Å²) >= 11 is 0. The molecular formula is C27H25N3O3. The number of hydrogen-bond acceptors (Lipinski definition) is 3. The first-order chi connectivity index (χ1) is 16.0. The molecule has 0 saturated carbocycles. The van der Waals surface area contributed by atoms with E-state index in [9.17, 15) is 14.9 Å². The Morgan fingerprint density at radius 1 is 0.848 bits per heavy atom. The molecule has 6 heteroatoms. The van der Waals surface area contributed by atoms with Crippen LogP contribution in [-0.2, 0) is 13.1 Å². The average Bonchev–Trinajstić information content (AvgIpc) is 3.08. The van der Waals surface area contributed by atoms with Crippen molar-refractivity contribution in [3.63, 3.8) is 0 Å². The van der Waals surface area contributed by atoms with Gasteiger partial charge < -0.3 is 9.88 Å². The summed E-state index contributed by atoms with van der Waals surface area (Å²) in [6.07, 6.45) is 0. The number of non-ortho nitro benzene ring substituents is 1. The van der Waals surface area contributed by atoms with E-state index < -0.39 is 4.92 Å². The Hall–Kier alpha value is -4.19. The maximum absolute atomic E-state index is 13.4. The molecule has 0 aliphatic carbocycles. The molecule has 3 aromatic carbocycles. The molecule has 1 N–H and O–H groups in total. The first-order valence-electron chi connectivity index (χ1n) is 10.8. The predicted molar refractivity (Wildman–Crippen MR) is 129 cm³/mol. The number of aromatic nitrogens is 1. The minimum absolute atomic E-state index is 0.0203. The summed E-state index contributed by atoms with van der Waals surface area (Å²) in [6, 6.07) is 26.2. The van der Waals surface area contributed by atoms with E-state index >= 15 is 0 Å². The molecule has 0 bridgehead atoms. The molecule has 4 rings (SSSR count). The van der Waals surface area contributed by atoms with E-state index in [0.717, 1.165) is 33.6 Å². The van der Waals surface area contributed by atoms with Gasteiger partial charge >= 0.3 is 0 Å². The number of benzene rings is 3. The molecule has 0 spiro atoms. The summed E-state index contributed by atoms with van der Waals surface area (Å²) in [5.74, 6) is -0.167. The van der Waals surface area contributed by atoms with Crippen LogP contribution in [0.1, 0.15) is 32.9 Å². The van der Waals surface area contributed by atoms with Crippen molar-refractivity contribution in [1.29, 1.82) is 0 Å². The maximum atomic E-state index is 13.4. The summed E-state index contributed by atoms with van der Waals surface area (Å²) in [4.78, 5) is 24.1. The summed E-state index contributed by atoms with van der Waals surface area (Å²) in [7, 11) is 0. The van der Waals surface area contributed by atoms with Crippen LogP contribution in [-0.4, -0.2) is 15.4 Å². The maximum Gasteiger partial charge on any atom is 0.269 e. The third-order valence-corrected chi connectivity index (χ3v) is 5.86. The third kappa shape index (κ3) is 4.70. The van der Waals surface area contributed by atoms with Crippen LogP contribution in [0.25, 0.3) is 11.1 Å². The Kier molecular flexibility index (Phi) is 6.36. The van der Waals surface area contributed by atoms with Crippen molar-refractivity contribution in [2.24, 2.45) is 0 Å². The van der Waals surface area contributed by atoms with E-state index in [-0.39, 0.29) is 11.6 Å². The number of nitrogens with one attached hydrogen (secondary N) is 1. The molecule has 4 aromatic rings. The van der Waals surface area contributed by atoms with Crippen molar-refractivity contribution in [1.82, 2.24) is 9.88 Å². The summed E-state index contributed by atoms with van der Waals surface area (Å²) in [5, 5.41) is 14.1. The second-order valence-corrected chi connectivity index (χ2v) is 7.96. The van der Waals surface area contributed by atoms with E-state index in [2.05, 4.69) is 22.0 Å². The fraction of sp³-hybridized carbons (Fsp3) is 0.148. The summed E-state index contributed by atoms with van der Waals surface area (Å²) < 4.78 is 2.13. The monoisotopic (exact) mass is 439 g/mol. The second kappa shape index (κ2) is 9.53. The first kappa shape index (κ1) is 22.0. The second-order valence-electron chi connectivity index (χ2n) is 7.96. The molecule has 0 aliphatic rings. The lowest BCUT2D eigenvalue weighted by Crippen LogP contribution is -2.24. The van der Waals surface area contributed by atoms with Crippen LogP contribution in [0.3, 0.4) is 0 Å². The lowest BCUT2D eigenvalue weighted by Gasteiger charge is -2.10. The number of amides is 1. The van der Waals surface area contributed by atoms with Gasteiger partial charge in [-0.15, -0.1) is 0 Å². The minimum Gasteiger partial charge on any atom is -0.348 e. The number of rotatable bonds is 7. The highest BCUT2D eigenvalue weighted by molar-refractivity contribution is 6.03. The van der Waals surface area contributed by atoms with Gasteiger partial charge in [-0.25, -0.2) is 0 Å². The van der Waals surface area contributed by atoms with Gasteiger partial charge in [-0.05, 0) is 42.7 Å². The Morgan fingerprint density at radius 2 is 1.42 bits per heavy atom. The van der Waals surface area contributed by atoms with Gasteiger partial charge in [-0.2, -0.15) is 0 Å². The van der Waals surface area contributed by atoms with E-state index in [0.29, 0.717) is 18.7 Å². The quantitative estimate of drug-likeness (QED) is 0.298. The van der Waals surface area contributed by atoms with Crippen molar-refractivity contribution in [3.05, 3.63) is 123 Å². The van der Waals surface area contributed by atoms with Gasteiger partial charge in [0, 0.05) is 42.2 Å². The molecule has 0 unspecified atom stereocenters. The fourth-order valence-electron chi connectivity index (χ4n) is 4.13. The topological polar surface area (TPSA) is 77.2 Å². The number of carbonyl (C=O) groups excluding carboxylic acids is 1. The molecule has 0 aliphatic heterocycles. The van der Waals surface area contributed by atoms with Crippen LogP contribution >= 0.6 is 0 Å². The van der Waals surface area contributed by atoms with Crippen LogP contribution in [0.15, 0.2) is 84.9 Å². The lowest BCUT2D eigenvalue weighted by atomic mass is 9.99. The van der Waals surface area contributed by atoms with Gasteiger partial charge in [0.25, 0.3) is 11.6 Å². The number of nitro benzene ring substituents is 1. The molecule has 1 heterocycles. The molecule has 1 amide bonds. The lowest BCUT2D eigenvalue weighted by molar-refractivity contribution is -0.384. The summed E-state index contributed by atoms with van der Waals surface area (Å²) in [6.45, 7) is 4.98. The highest BCUT2D eigenvalue weighted by Crippen LogP contribution is 2.34. The van der Waals surface area contributed by atoms with Gasteiger partial charge in [0.2, 0.25) is 0 Å². The average molecular weight is 440 g/mol. The Morgan fingerprint density at radius 3 is 2.00 bits per heavy atom. The van der Waals surface area contributed by atoms with Gasteiger partial charge in [-0.1, -0.05) is 60.7 Å². The molecule has 0 saturated heterocycles. The number of carbonyl (C=O) groups is 1. The van der Waals surface area contributed by atoms with E-state index in [1.165, 1.54) is 12.1 Å². The van der Waals surface area contributed by atoms with Gasteiger partial charge in [-0.3, -0.25) is 14.9 Å². The van der Waals surface area contributed by atoms with Crippen molar-refractivity contribution in [3.8, 4) is 11.1 Å². The van der Waals surface area contributed by atoms with Crippen LogP contribution in [0.2, 0.25) is 0 Å². The van der Waals surface area contributed by atoms with Crippen molar-refractivity contribution in [2.45, 2.75) is 26.9 Å². The smallest absolute Gasteiger partial charge is 0.269 e.